The number of aliphatic hydroxyl groups is 1. The van der Waals surface area contributed by atoms with Crippen molar-refractivity contribution < 1.29 is 53.7 Å². The molecule has 0 aliphatic heterocycles. The van der Waals surface area contributed by atoms with Gasteiger partial charge in [0.25, 0.3) is 5.60 Å². The molecule has 7 nitrogen and oxygen atoms in total. The number of anilines is 3. The highest BCUT2D eigenvalue weighted by Crippen LogP contribution is 2.50. The van der Waals surface area contributed by atoms with Gasteiger partial charge < -0.3 is 15.2 Å². The largest absolute Gasteiger partial charge is 0.573 e. The van der Waals surface area contributed by atoms with E-state index in [0.717, 1.165) is 36.5 Å². The molecule has 2 aromatic carbocycles. The Balaban J connectivity index is 1.71. The minimum Gasteiger partial charge on any atom is -0.406 e. The van der Waals surface area contributed by atoms with Crippen molar-refractivity contribution >= 4 is 23.7 Å². The number of hydrogen-bond donors (Lipinski definition) is 3. The maximum Gasteiger partial charge on any atom is 0.573 e. The third-order valence-electron chi connectivity index (χ3n) is 4.58. The normalized spacial score (nSPS) is 13.0. The van der Waals surface area contributed by atoms with Crippen LogP contribution in [0.3, 0.4) is 0 Å². The van der Waals surface area contributed by atoms with Crippen LogP contribution in [0.5, 0.6) is 5.75 Å². The van der Waals surface area contributed by atoms with Gasteiger partial charge in [0.05, 0.1) is 6.21 Å². The number of nitrogens with zero attached hydrogens (tertiary/aromatic N) is 3. The lowest BCUT2D eigenvalue weighted by atomic mass is 9.92. The molecule has 0 saturated carbocycles. The molecule has 0 spiro atoms. The molecule has 204 valence electrons. The van der Waals surface area contributed by atoms with Crippen LogP contribution in [-0.2, 0) is 5.60 Å². The van der Waals surface area contributed by atoms with Crippen molar-refractivity contribution in [2.75, 3.05) is 10.7 Å². The first-order valence-electron chi connectivity index (χ1n) is 9.91. The molecule has 0 amide bonds. The minimum atomic E-state index is -6.06. The number of aromatic nitrogens is 2. The zero-order chi connectivity index (χ0) is 28.4. The van der Waals surface area contributed by atoms with Gasteiger partial charge in [-0.25, -0.2) is 5.43 Å². The van der Waals surface area contributed by atoms with Gasteiger partial charge in [-0.2, -0.15) is 45.8 Å². The monoisotopic (exact) mass is 557 g/mol. The topological polar surface area (TPSA) is 91.7 Å². The van der Waals surface area contributed by atoms with E-state index >= 15 is 0 Å². The van der Waals surface area contributed by atoms with E-state index in [0.29, 0.717) is 17.7 Å². The van der Waals surface area contributed by atoms with Crippen LogP contribution >= 0.6 is 0 Å². The number of nitrogens with one attached hydrogen (secondary N) is 2. The Bertz CT molecular complexity index is 1260. The molecule has 0 saturated heterocycles. The van der Waals surface area contributed by atoms with Crippen molar-refractivity contribution in [3.63, 3.8) is 0 Å². The van der Waals surface area contributed by atoms with Crippen molar-refractivity contribution in [3.8, 4) is 5.75 Å². The predicted octanol–water partition coefficient (Wildman–Crippen LogP) is 6.02. The van der Waals surface area contributed by atoms with Gasteiger partial charge in [0.2, 0.25) is 11.9 Å². The van der Waals surface area contributed by atoms with Gasteiger partial charge in [-0.05, 0) is 42.0 Å². The Kier molecular flexibility index (Phi) is 7.71. The average Bonchev–Trinajstić information content (AvgIpc) is 2.77. The summed E-state index contributed by atoms with van der Waals surface area (Å²) in [6.45, 7) is 0. The van der Waals surface area contributed by atoms with Crippen LogP contribution in [0.15, 0.2) is 59.7 Å². The lowest BCUT2D eigenvalue weighted by Crippen LogP contribution is -2.53. The SMILES string of the molecule is OC(c1ccc(Nc2cc(F)nc(N/N=C/c3ccc(OC(F)(F)F)cc3)n2)cc1)(C(F)(F)F)C(F)(F)F. The van der Waals surface area contributed by atoms with Crippen molar-refractivity contribution in [1.82, 2.24) is 9.97 Å². The molecule has 0 unspecified atom stereocenters. The second-order valence-corrected chi connectivity index (χ2v) is 7.29. The third kappa shape index (κ3) is 6.78. The molecular formula is C21H13F10N5O2. The summed E-state index contributed by atoms with van der Waals surface area (Å²) >= 11 is 0. The summed E-state index contributed by atoms with van der Waals surface area (Å²) < 4.78 is 132. The van der Waals surface area contributed by atoms with E-state index in [1.165, 1.54) is 12.1 Å². The summed E-state index contributed by atoms with van der Waals surface area (Å²) in [5.74, 6) is -2.28. The van der Waals surface area contributed by atoms with Crippen LogP contribution in [0.2, 0.25) is 0 Å². The Morgan fingerprint density at radius 2 is 1.39 bits per heavy atom. The van der Waals surface area contributed by atoms with E-state index < -0.39 is 47.5 Å². The lowest BCUT2D eigenvalue weighted by Gasteiger charge is -2.32. The lowest BCUT2D eigenvalue weighted by molar-refractivity contribution is -0.376. The van der Waals surface area contributed by atoms with Gasteiger partial charge in [-0.3, -0.25) is 0 Å². The van der Waals surface area contributed by atoms with Gasteiger partial charge in [-0.15, -0.1) is 13.2 Å². The predicted molar refractivity (Wildman–Crippen MR) is 112 cm³/mol. The minimum absolute atomic E-state index is 0.117. The summed E-state index contributed by atoms with van der Waals surface area (Å²) in [6.07, 6.45) is -15.9. The molecule has 1 aromatic heterocycles. The Morgan fingerprint density at radius 1 is 0.816 bits per heavy atom. The second-order valence-electron chi connectivity index (χ2n) is 7.29. The highest BCUT2D eigenvalue weighted by molar-refractivity contribution is 5.80. The second kappa shape index (κ2) is 10.3. The summed E-state index contributed by atoms with van der Waals surface area (Å²) in [6, 6.07) is 7.57. The first-order valence-corrected chi connectivity index (χ1v) is 9.91. The third-order valence-corrected chi connectivity index (χ3v) is 4.58. The van der Waals surface area contributed by atoms with Gasteiger partial charge >= 0.3 is 18.7 Å². The molecule has 0 atom stereocenters. The fourth-order valence-corrected chi connectivity index (χ4v) is 2.88. The quantitative estimate of drug-likeness (QED) is 0.143. The molecule has 38 heavy (non-hydrogen) atoms. The highest BCUT2D eigenvalue weighted by atomic mass is 19.4. The van der Waals surface area contributed by atoms with E-state index in [2.05, 4.69) is 30.5 Å². The maximum atomic E-state index is 13.9. The van der Waals surface area contributed by atoms with Crippen molar-refractivity contribution in [2.45, 2.75) is 24.3 Å². The van der Waals surface area contributed by atoms with E-state index in [1.54, 1.807) is 0 Å². The standard InChI is InChI=1S/C21H13F10N5O2/c22-15-9-16(33-13-5-3-12(4-6-13)18(37,19(23,24)25)20(26,27)28)35-17(34-15)36-32-10-11-1-7-14(8-2-11)38-21(29,30)31/h1-10,37H,(H2,33,34,35,36)/b32-10+. The van der Waals surface area contributed by atoms with Gasteiger partial charge in [-0.1, -0.05) is 12.1 Å². The fraction of sp³-hybridized carbons (Fsp3) is 0.190. The fourth-order valence-electron chi connectivity index (χ4n) is 2.88. The van der Waals surface area contributed by atoms with E-state index in [4.69, 9.17) is 0 Å². The molecule has 0 fully saturated rings. The van der Waals surface area contributed by atoms with E-state index in [1.807, 2.05) is 0 Å². The molecule has 0 aliphatic rings. The first kappa shape index (κ1) is 28.4. The van der Waals surface area contributed by atoms with Gasteiger partial charge in [0.15, 0.2) is 0 Å². The number of halogens is 10. The molecular weight excluding hydrogens is 544 g/mol. The number of hydrazone groups is 1. The van der Waals surface area contributed by atoms with E-state index in [-0.39, 0.29) is 11.5 Å². The van der Waals surface area contributed by atoms with Gasteiger partial charge in [0, 0.05) is 17.3 Å². The number of alkyl halides is 9. The number of hydrogen-bond acceptors (Lipinski definition) is 7. The molecule has 0 radical (unpaired) electrons. The molecule has 0 bridgehead atoms. The van der Waals surface area contributed by atoms with Crippen LogP contribution in [0.1, 0.15) is 11.1 Å². The van der Waals surface area contributed by atoms with Crippen molar-refractivity contribution in [3.05, 3.63) is 71.7 Å². The molecule has 1 heterocycles. The van der Waals surface area contributed by atoms with Crippen molar-refractivity contribution in [2.24, 2.45) is 5.10 Å². The maximum absolute atomic E-state index is 13.9. The summed E-state index contributed by atoms with van der Waals surface area (Å²) in [5, 5.41) is 15.6. The molecule has 3 aromatic rings. The highest BCUT2D eigenvalue weighted by Gasteiger charge is 2.71. The van der Waals surface area contributed by atoms with Crippen LogP contribution < -0.4 is 15.5 Å². The van der Waals surface area contributed by atoms with Crippen LogP contribution in [0.4, 0.5) is 61.4 Å². The zero-order valence-electron chi connectivity index (χ0n) is 18.3. The number of benzene rings is 2. The zero-order valence-corrected chi connectivity index (χ0v) is 18.3. The van der Waals surface area contributed by atoms with Crippen LogP contribution in [0, 0.1) is 5.95 Å². The average molecular weight is 557 g/mol. The summed E-state index contributed by atoms with van der Waals surface area (Å²) in [7, 11) is 0. The first-order chi connectivity index (χ1) is 17.5. The molecule has 17 heteroatoms. The smallest absolute Gasteiger partial charge is 0.406 e. The molecule has 0 aliphatic carbocycles. The Labute approximate surface area is 205 Å². The van der Waals surface area contributed by atoms with Crippen LogP contribution in [-0.4, -0.2) is 40.0 Å². The number of rotatable bonds is 7. The summed E-state index contributed by atoms with van der Waals surface area (Å²) in [5.41, 5.74) is -4.17. The Morgan fingerprint density at radius 3 is 1.92 bits per heavy atom. The van der Waals surface area contributed by atoms with Crippen molar-refractivity contribution in [1.29, 1.82) is 0 Å². The van der Waals surface area contributed by atoms with Gasteiger partial charge in [0.1, 0.15) is 11.6 Å². The van der Waals surface area contributed by atoms with E-state index in [9.17, 15) is 49.0 Å². The number of ether oxygens (including phenoxy) is 1. The molecule has 3 rings (SSSR count). The summed E-state index contributed by atoms with van der Waals surface area (Å²) in [4.78, 5) is 7.21. The molecule has 3 N–H and O–H groups in total. The Hall–Kier alpha value is -4.15. The van der Waals surface area contributed by atoms with Crippen LogP contribution in [0.25, 0.3) is 0 Å².